The molecule has 0 rings (SSSR count). The molecule has 0 aliphatic heterocycles. The van der Waals surface area contributed by atoms with E-state index in [1.54, 1.807) is 13.8 Å². The zero-order chi connectivity index (χ0) is 15.6. The molecule has 1 N–H and O–H groups in total. The van der Waals surface area contributed by atoms with E-state index >= 15 is 0 Å². The monoisotopic (exact) mass is 329 g/mol. The van der Waals surface area contributed by atoms with Gasteiger partial charge in [0, 0.05) is 19.3 Å². The van der Waals surface area contributed by atoms with Crippen LogP contribution in [0.15, 0.2) is 0 Å². The van der Waals surface area contributed by atoms with E-state index < -0.39 is 18.7 Å². The van der Waals surface area contributed by atoms with Gasteiger partial charge in [-0.25, -0.2) is 14.2 Å². The standard InChI is InChI=1S/C10H20NO7PS/c1-4-16-19(15,17-5-2)20-8-6-7-11(3)18-10(14)9(12)13/h4-8H2,1-3H3,(H,12,13). The Hall–Kier alpha value is -0.600. The Morgan fingerprint density at radius 1 is 1.25 bits per heavy atom. The van der Waals surface area contributed by atoms with Crippen LogP contribution in [0.3, 0.4) is 0 Å². The molecule has 0 aliphatic rings. The third-order valence-electron chi connectivity index (χ3n) is 1.85. The van der Waals surface area contributed by atoms with Gasteiger partial charge in [0.15, 0.2) is 0 Å². The summed E-state index contributed by atoms with van der Waals surface area (Å²) in [6.45, 7) is 1.22. The molecule has 0 spiro atoms. The van der Waals surface area contributed by atoms with Gasteiger partial charge < -0.3 is 19.0 Å². The molecule has 0 heterocycles. The fraction of sp³-hybridized carbons (Fsp3) is 0.800. The lowest BCUT2D eigenvalue weighted by atomic mass is 10.5. The number of hydroxylamine groups is 2. The first-order chi connectivity index (χ1) is 9.34. The van der Waals surface area contributed by atoms with Crippen molar-refractivity contribution < 1.29 is 33.1 Å². The van der Waals surface area contributed by atoms with Gasteiger partial charge in [0.25, 0.3) is 0 Å². The van der Waals surface area contributed by atoms with Crippen molar-refractivity contribution in [2.45, 2.75) is 20.3 Å². The van der Waals surface area contributed by atoms with Gasteiger partial charge in [-0.3, -0.25) is 0 Å². The molecule has 0 aliphatic carbocycles. The average molecular weight is 329 g/mol. The predicted molar refractivity (Wildman–Crippen MR) is 74.3 cm³/mol. The lowest BCUT2D eigenvalue weighted by molar-refractivity contribution is -0.192. The molecule has 0 saturated carbocycles. The van der Waals surface area contributed by atoms with E-state index in [-0.39, 0.29) is 0 Å². The van der Waals surface area contributed by atoms with E-state index in [9.17, 15) is 14.2 Å². The SMILES string of the molecule is CCOP(=O)(OCC)SCCCN(C)OC(=O)C(=O)O. The highest BCUT2D eigenvalue weighted by Gasteiger charge is 2.24. The van der Waals surface area contributed by atoms with Crippen molar-refractivity contribution in [2.75, 3.05) is 32.6 Å². The highest BCUT2D eigenvalue weighted by atomic mass is 32.7. The van der Waals surface area contributed by atoms with E-state index in [1.165, 1.54) is 7.05 Å². The number of rotatable bonds is 10. The zero-order valence-electron chi connectivity index (χ0n) is 11.7. The van der Waals surface area contributed by atoms with Crippen LogP contribution in [0.2, 0.25) is 0 Å². The second-order valence-electron chi connectivity index (χ2n) is 3.50. The first-order valence-corrected chi connectivity index (χ1v) is 9.18. The van der Waals surface area contributed by atoms with Crippen LogP contribution in [0.1, 0.15) is 20.3 Å². The Morgan fingerprint density at radius 2 is 1.80 bits per heavy atom. The van der Waals surface area contributed by atoms with Gasteiger partial charge in [0.05, 0.1) is 13.2 Å². The Labute approximate surface area is 122 Å². The van der Waals surface area contributed by atoms with Gasteiger partial charge in [-0.15, -0.1) is 5.06 Å². The Morgan fingerprint density at radius 3 is 2.25 bits per heavy atom. The molecule has 20 heavy (non-hydrogen) atoms. The van der Waals surface area contributed by atoms with E-state index in [4.69, 9.17) is 14.2 Å². The molecule has 0 aromatic rings. The van der Waals surface area contributed by atoms with E-state index in [2.05, 4.69) is 4.84 Å². The van der Waals surface area contributed by atoms with Crippen molar-refractivity contribution in [3.8, 4) is 0 Å². The molecule has 0 aromatic carbocycles. The third-order valence-corrected chi connectivity index (χ3v) is 5.92. The third kappa shape index (κ3) is 8.55. The summed E-state index contributed by atoms with van der Waals surface area (Å²) in [5.41, 5.74) is 0. The maximum atomic E-state index is 12.1. The van der Waals surface area contributed by atoms with Crippen LogP contribution in [0, 0.1) is 0 Å². The Kier molecular flexibility index (Phi) is 9.87. The van der Waals surface area contributed by atoms with Crippen LogP contribution in [0.25, 0.3) is 0 Å². The average Bonchev–Trinajstić information content (AvgIpc) is 2.35. The van der Waals surface area contributed by atoms with Crippen LogP contribution in [0.4, 0.5) is 0 Å². The van der Waals surface area contributed by atoms with Crippen LogP contribution in [-0.2, 0) is 28.0 Å². The number of hydrogen-bond donors (Lipinski definition) is 1. The minimum atomic E-state index is -3.13. The molecule has 10 heteroatoms. The first kappa shape index (κ1) is 19.4. The molecule has 0 unspecified atom stereocenters. The molecular formula is C10H20NO7PS. The molecule has 0 amide bonds. The van der Waals surface area contributed by atoms with E-state index in [1.807, 2.05) is 0 Å². The van der Waals surface area contributed by atoms with Gasteiger partial charge in [-0.2, -0.15) is 0 Å². The number of aliphatic carboxylic acids is 1. The van der Waals surface area contributed by atoms with Crippen LogP contribution in [0.5, 0.6) is 0 Å². The number of carboxylic acid groups (broad SMARTS) is 1. The van der Waals surface area contributed by atoms with Crippen molar-refractivity contribution in [1.29, 1.82) is 0 Å². The second-order valence-corrected chi connectivity index (χ2v) is 7.70. The Balaban J connectivity index is 3.96. The smallest absolute Gasteiger partial charge is 0.436 e. The maximum Gasteiger partial charge on any atom is 0.436 e. The summed E-state index contributed by atoms with van der Waals surface area (Å²) in [5.74, 6) is -2.52. The van der Waals surface area contributed by atoms with Crippen LogP contribution >= 0.6 is 18.2 Å². The van der Waals surface area contributed by atoms with Gasteiger partial charge in [0.1, 0.15) is 0 Å². The van der Waals surface area contributed by atoms with Crippen molar-refractivity contribution >= 4 is 30.1 Å². The molecule has 118 valence electrons. The van der Waals surface area contributed by atoms with Crippen LogP contribution < -0.4 is 0 Å². The molecule has 0 saturated heterocycles. The molecule has 0 aromatic heterocycles. The Bertz CT molecular complexity index is 356. The minimum absolute atomic E-state index is 0.292. The first-order valence-electron chi connectivity index (χ1n) is 6.04. The molecule has 0 fully saturated rings. The zero-order valence-corrected chi connectivity index (χ0v) is 13.4. The molecule has 0 bridgehead atoms. The fourth-order valence-electron chi connectivity index (χ4n) is 1.12. The van der Waals surface area contributed by atoms with E-state index in [0.29, 0.717) is 31.9 Å². The summed E-state index contributed by atoms with van der Waals surface area (Å²) in [7, 11) is 1.44. The van der Waals surface area contributed by atoms with Crippen molar-refractivity contribution in [3.63, 3.8) is 0 Å². The van der Waals surface area contributed by atoms with Gasteiger partial charge in [-0.05, 0) is 31.7 Å². The summed E-state index contributed by atoms with van der Waals surface area (Å²) in [5, 5.41) is 9.47. The van der Waals surface area contributed by atoms with Gasteiger partial charge in [0.2, 0.25) is 0 Å². The molecule has 0 atom stereocenters. The fourth-order valence-corrected chi connectivity index (χ4v) is 4.59. The highest BCUT2D eigenvalue weighted by Crippen LogP contribution is 2.60. The lowest BCUT2D eigenvalue weighted by Crippen LogP contribution is -2.28. The summed E-state index contributed by atoms with van der Waals surface area (Å²) in [6.07, 6.45) is 0.526. The number of hydrogen-bond acceptors (Lipinski definition) is 8. The summed E-state index contributed by atoms with van der Waals surface area (Å²) in [6, 6.07) is 0. The maximum absolute atomic E-state index is 12.1. The second kappa shape index (κ2) is 10.2. The van der Waals surface area contributed by atoms with E-state index in [0.717, 1.165) is 16.4 Å². The largest absolute Gasteiger partial charge is 0.473 e. The number of nitrogens with zero attached hydrogens (tertiary/aromatic N) is 1. The van der Waals surface area contributed by atoms with Gasteiger partial charge >= 0.3 is 18.7 Å². The summed E-state index contributed by atoms with van der Waals surface area (Å²) in [4.78, 5) is 25.5. The van der Waals surface area contributed by atoms with Crippen molar-refractivity contribution in [2.24, 2.45) is 0 Å². The van der Waals surface area contributed by atoms with Crippen LogP contribution in [-0.4, -0.2) is 54.7 Å². The normalized spacial score (nSPS) is 11.6. The molecular weight excluding hydrogens is 309 g/mol. The summed E-state index contributed by atoms with van der Waals surface area (Å²) >= 11 is 1.07. The summed E-state index contributed by atoms with van der Waals surface area (Å²) < 4.78 is 22.3. The van der Waals surface area contributed by atoms with Crippen molar-refractivity contribution in [1.82, 2.24) is 5.06 Å². The van der Waals surface area contributed by atoms with Gasteiger partial charge in [-0.1, -0.05) is 0 Å². The number of carbonyl (C=O) groups is 2. The quantitative estimate of drug-likeness (QED) is 0.278. The predicted octanol–water partition coefficient (Wildman–Crippen LogP) is 1.77. The lowest BCUT2D eigenvalue weighted by Gasteiger charge is -2.17. The topological polar surface area (TPSA) is 102 Å². The van der Waals surface area contributed by atoms with Crippen molar-refractivity contribution in [3.05, 3.63) is 0 Å². The molecule has 8 nitrogen and oxygen atoms in total. The highest BCUT2D eigenvalue weighted by molar-refractivity contribution is 8.55. The number of carboxylic acids is 1. The minimum Gasteiger partial charge on any atom is -0.473 e. The number of carbonyl (C=O) groups excluding carboxylic acids is 1. The molecule has 0 radical (unpaired) electrons.